The van der Waals surface area contributed by atoms with Crippen LogP contribution in [0, 0.1) is 0 Å². The number of fused-ring (bicyclic) bond motifs is 16. The second kappa shape index (κ2) is 25.3. The predicted octanol–water partition coefficient (Wildman–Crippen LogP) is 15.9. The van der Waals surface area contributed by atoms with Gasteiger partial charge in [0, 0.05) is 62.0 Å². The van der Waals surface area contributed by atoms with Gasteiger partial charge in [-0.05, 0) is 84.3 Å². The van der Waals surface area contributed by atoms with Gasteiger partial charge in [-0.15, -0.1) is 0 Å². The maximum atomic E-state index is 8.00. The second-order valence-electron chi connectivity index (χ2n) is 23.4. The second-order valence-corrected chi connectivity index (χ2v) is 25.9. The number of aliphatic imine (C=N–C) groups is 3. The van der Waals surface area contributed by atoms with Crippen molar-refractivity contribution in [2.24, 2.45) is 25.7 Å². The molecular weight excluding hydrogens is 1110 g/mol. The molecule has 0 spiro atoms. The normalized spacial score (nSPS) is 15.3. The lowest BCUT2D eigenvalue weighted by Gasteiger charge is -2.34. The summed E-state index contributed by atoms with van der Waals surface area (Å²) >= 11 is 0. The van der Waals surface area contributed by atoms with Crippen molar-refractivity contribution in [3.8, 4) is 23.0 Å². The van der Waals surface area contributed by atoms with E-state index in [0.29, 0.717) is 96.7 Å². The largest absolute Gasteiger partial charge is 0.602 e. The van der Waals surface area contributed by atoms with Crippen molar-refractivity contribution in [1.82, 2.24) is 13.8 Å². The number of aromatic nitrogens is 2. The fourth-order valence-corrected chi connectivity index (χ4v) is 16.1. The fraction of sp³-hybridized carbons (Fsp3) is 0.342. The van der Waals surface area contributed by atoms with Crippen molar-refractivity contribution in [2.75, 3.05) is 39.6 Å². The molecule has 88 heavy (non-hydrogen) atoms. The molecule has 0 amide bonds. The molecule has 3 N–H and O–H groups in total. The SMILES string of the molecule is C=c1c2cc3ccccc3c(OCCCC)c2c2n1[Si](OCCCC)(OCCCC)n1c(c3cc4ccccc4c(OCCCC)c3c1N=C1N=C(N)c3c1cc1ccccc1c3OCCCC)N=C1NC(N=2)c2cc3ccccc3c(OCCCC)c21. The first-order valence-electron chi connectivity index (χ1n) is 32.2. The smallest absolute Gasteiger partial charge is 0.492 e. The molecule has 8 aromatic carbocycles. The third-order valence-corrected chi connectivity index (χ3v) is 20.5. The van der Waals surface area contributed by atoms with Gasteiger partial charge in [-0.25, -0.2) is 20.0 Å². The number of hydrogen-bond donors (Lipinski definition) is 2. The molecule has 0 aliphatic carbocycles. The molecule has 2 bridgehead atoms. The number of nitrogens with zero attached hydrogens (tertiary/aromatic N) is 6. The molecule has 15 heteroatoms. The summed E-state index contributed by atoms with van der Waals surface area (Å²) in [4.78, 5) is 23.4. The number of rotatable bonds is 25. The third-order valence-electron chi connectivity index (χ3n) is 17.3. The summed E-state index contributed by atoms with van der Waals surface area (Å²) in [6.07, 6.45) is 9.76. The first-order chi connectivity index (χ1) is 43.3. The fourth-order valence-electron chi connectivity index (χ4n) is 12.7. The Kier molecular flexibility index (Phi) is 16.8. The molecule has 2 aromatic heterocycles. The van der Waals surface area contributed by atoms with Gasteiger partial charge < -0.3 is 38.8 Å². The lowest BCUT2D eigenvalue weighted by Crippen LogP contribution is -2.63. The van der Waals surface area contributed by atoms with E-state index >= 15 is 0 Å². The Labute approximate surface area is 515 Å². The van der Waals surface area contributed by atoms with Gasteiger partial charge in [-0.3, -0.25) is 8.47 Å². The molecule has 10 aromatic rings. The van der Waals surface area contributed by atoms with Gasteiger partial charge in [-0.1, -0.05) is 184 Å². The van der Waals surface area contributed by atoms with E-state index in [-0.39, 0.29) is 0 Å². The average molecular weight is 1190 g/mol. The van der Waals surface area contributed by atoms with Crippen molar-refractivity contribution in [1.29, 1.82) is 0 Å². The Bertz CT molecular complexity index is 4530. The van der Waals surface area contributed by atoms with E-state index in [2.05, 4.69) is 165 Å². The average Bonchev–Trinajstić information content (AvgIpc) is 1.55. The molecule has 0 saturated heterocycles. The molecular formula is C73H80N8O6Si. The van der Waals surface area contributed by atoms with Gasteiger partial charge in [0.05, 0.1) is 48.3 Å². The summed E-state index contributed by atoms with van der Waals surface area (Å²) in [6, 6.07) is 42.5. The Morgan fingerprint density at radius 2 is 0.966 bits per heavy atom. The number of nitrogens with one attached hydrogen (secondary N) is 1. The molecule has 1 unspecified atom stereocenters. The number of benzene rings is 8. The molecule has 0 fully saturated rings. The zero-order valence-corrected chi connectivity index (χ0v) is 52.8. The van der Waals surface area contributed by atoms with Gasteiger partial charge in [0.2, 0.25) is 0 Å². The maximum absolute atomic E-state index is 8.00. The van der Waals surface area contributed by atoms with Crippen LogP contribution in [0.5, 0.6) is 23.0 Å². The van der Waals surface area contributed by atoms with E-state index in [9.17, 15) is 0 Å². The summed E-state index contributed by atoms with van der Waals surface area (Å²) < 4.78 is 48.7. The van der Waals surface area contributed by atoms with Crippen LogP contribution in [0.15, 0.2) is 141 Å². The minimum Gasteiger partial charge on any atom is -0.492 e. The molecule has 3 aliphatic heterocycles. The van der Waals surface area contributed by atoms with Gasteiger partial charge in [0.1, 0.15) is 58.0 Å². The lowest BCUT2D eigenvalue weighted by molar-refractivity contribution is 0.144. The van der Waals surface area contributed by atoms with E-state index < -0.39 is 15.0 Å². The Balaban J connectivity index is 1.27. The van der Waals surface area contributed by atoms with Crippen LogP contribution in [0.2, 0.25) is 0 Å². The first-order valence-corrected chi connectivity index (χ1v) is 33.9. The Morgan fingerprint density at radius 3 is 1.51 bits per heavy atom. The van der Waals surface area contributed by atoms with Gasteiger partial charge in [0.25, 0.3) is 0 Å². The van der Waals surface area contributed by atoms with Crippen molar-refractivity contribution in [2.45, 2.75) is 125 Å². The number of unbranched alkanes of at least 4 members (excludes halogenated alkanes) is 6. The van der Waals surface area contributed by atoms with Crippen LogP contribution in [0.25, 0.3) is 71.2 Å². The Hall–Kier alpha value is -8.50. The highest BCUT2D eigenvalue weighted by atomic mass is 28.4. The predicted molar refractivity (Wildman–Crippen MR) is 362 cm³/mol. The minimum atomic E-state index is -4.56. The van der Waals surface area contributed by atoms with Crippen molar-refractivity contribution < 1.29 is 27.8 Å². The van der Waals surface area contributed by atoms with E-state index in [0.717, 1.165) is 170 Å². The summed E-state index contributed by atoms with van der Waals surface area (Å²) in [6.45, 7) is 20.9. The number of ether oxygens (including phenoxy) is 4. The molecule has 3 aliphatic rings. The molecule has 5 heterocycles. The Morgan fingerprint density at radius 1 is 0.511 bits per heavy atom. The summed E-state index contributed by atoms with van der Waals surface area (Å²) in [7, 11) is -4.56. The number of amidine groups is 3. The summed E-state index contributed by atoms with van der Waals surface area (Å²) in [5.41, 5.74) is 11.1. The minimum absolute atomic E-state index is 0.316. The molecule has 14 nitrogen and oxygen atoms in total. The zero-order chi connectivity index (χ0) is 60.5. The van der Waals surface area contributed by atoms with E-state index in [1.165, 1.54) is 0 Å². The highest BCUT2D eigenvalue weighted by Crippen LogP contribution is 2.51. The van der Waals surface area contributed by atoms with Gasteiger partial charge in [-0.2, -0.15) is 0 Å². The number of hydrogen-bond acceptors (Lipinski definition) is 11. The van der Waals surface area contributed by atoms with Crippen molar-refractivity contribution in [3.63, 3.8) is 0 Å². The van der Waals surface area contributed by atoms with Crippen molar-refractivity contribution in [3.05, 3.63) is 154 Å². The maximum Gasteiger partial charge on any atom is 0.602 e. The van der Waals surface area contributed by atoms with Gasteiger partial charge in [0.15, 0.2) is 5.84 Å². The highest BCUT2D eigenvalue weighted by molar-refractivity contribution is 6.66. The van der Waals surface area contributed by atoms with Crippen LogP contribution in [-0.4, -0.2) is 74.5 Å². The van der Waals surface area contributed by atoms with Crippen LogP contribution in [0.4, 0.5) is 11.6 Å². The van der Waals surface area contributed by atoms with E-state index in [1.54, 1.807) is 0 Å². The van der Waals surface area contributed by atoms with Crippen LogP contribution >= 0.6 is 0 Å². The molecule has 452 valence electrons. The topological polar surface area (TPSA) is 153 Å². The summed E-state index contributed by atoms with van der Waals surface area (Å²) in [5, 5.41) is 15.6. The monoisotopic (exact) mass is 1190 g/mol. The molecule has 1 atom stereocenters. The van der Waals surface area contributed by atoms with Crippen LogP contribution in [-0.2, 0) is 8.85 Å². The quantitative estimate of drug-likeness (QED) is 0.0424. The van der Waals surface area contributed by atoms with Crippen molar-refractivity contribution >= 4 is 109 Å². The molecule has 13 rings (SSSR count). The zero-order valence-electron chi connectivity index (χ0n) is 51.8. The molecule has 0 radical (unpaired) electrons. The van der Waals surface area contributed by atoms with E-state index in [4.69, 9.17) is 60.1 Å². The lowest BCUT2D eigenvalue weighted by atomic mass is 9.99. The first kappa shape index (κ1) is 58.5. The van der Waals surface area contributed by atoms with Crippen LogP contribution < -0.4 is 40.8 Å². The highest BCUT2D eigenvalue weighted by Gasteiger charge is 2.53. The van der Waals surface area contributed by atoms with Crippen LogP contribution in [0.3, 0.4) is 0 Å². The van der Waals surface area contributed by atoms with Crippen LogP contribution in [0.1, 0.15) is 147 Å². The molecule has 0 saturated carbocycles. The summed E-state index contributed by atoms with van der Waals surface area (Å²) in [5.74, 6) is 5.17. The number of nitrogens with two attached hydrogens (primary N) is 1. The van der Waals surface area contributed by atoms with Gasteiger partial charge >= 0.3 is 8.88 Å². The van der Waals surface area contributed by atoms with E-state index in [1.807, 2.05) is 12.1 Å². The standard InChI is InChI=1S/C73H80N8O6Si/c1-8-14-36-82-63-51-32-24-21-29-48(51)43-56-59(63)67(74)75-68(56)77-73-62-58(45-50-31-23-27-35-54(50)66(62)85-39-17-11-4)71-79-70-60-57(44-49-30-22-25-33-52(49)64(60)83-37-15-9-2)69(76-70)78-72-61-55(42-47-28-20-26-34-53(47)65(61)84-38-16-10-3)46(7)80(72)88(81(71)73,86-40-18-12-5)87-41-19-13-6/h20-35,42-45,69H,7-19,36-41H2,1-6H3,(H,76,79)(H2,74,75,77). The third kappa shape index (κ3) is 10.1.